The Labute approximate surface area is 318 Å². The number of nitrogens with one attached hydrogen (secondary N) is 2. The van der Waals surface area contributed by atoms with Gasteiger partial charge in [0.25, 0.3) is 11.8 Å². The van der Waals surface area contributed by atoms with E-state index < -0.39 is 21.9 Å². The molecule has 6 aromatic carbocycles. The molecule has 2 aliphatic carbocycles. The van der Waals surface area contributed by atoms with Crippen LogP contribution in [0.3, 0.4) is 0 Å². The molecule has 2 unspecified atom stereocenters. The second-order valence-corrected chi connectivity index (χ2v) is 12.7. The molecule has 0 aromatic heterocycles. The van der Waals surface area contributed by atoms with Crippen molar-refractivity contribution < 1.29 is 39.3 Å². The van der Waals surface area contributed by atoms with Gasteiger partial charge in [-0.2, -0.15) is 0 Å². The molecule has 0 saturated carbocycles. The Morgan fingerprint density at radius 1 is 0.490 bits per heavy atom. The molecule has 2 atom stereocenters. The maximum Gasteiger partial charge on any atom is 2.00 e. The molecule has 0 bridgehead atoms. The Bertz CT molecular complexity index is 2210. The van der Waals surface area contributed by atoms with Crippen LogP contribution in [0.4, 0.5) is 0 Å². The predicted octanol–water partition coefficient (Wildman–Crippen LogP) is 6.79. The van der Waals surface area contributed by atoms with E-state index in [-0.39, 0.29) is 31.3 Å². The molecule has 0 heterocycles. The quantitative estimate of drug-likeness (QED) is 0.144. The van der Waals surface area contributed by atoms with E-state index in [9.17, 15) is 19.8 Å². The van der Waals surface area contributed by atoms with E-state index in [4.69, 9.17) is 24.4 Å². The number of hydrogen-bond donors (Lipinski definition) is 2. The first-order chi connectivity index (χ1) is 24.3. The van der Waals surface area contributed by atoms with Crippen LogP contribution in [-0.4, -0.2) is 21.9 Å². The summed E-state index contributed by atoms with van der Waals surface area (Å²) in [5.41, 5.74) is 5.78. The summed E-state index contributed by atoms with van der Waals surface area (Å²) in [6, 6.07) is 41.4. The van der Waals surface area contributed by atoms with Crippen LogP contribution >= 0.6 is 24.4 Å². The average Bonchev–Trinajstić information content (AvgIpc) is 3.13. The molecular formula is C42H28N2O4S2Zn. The smallest absolute Gasteiger partial charge is 0.867 e. The first-order valence-corrected chi connectivity index (χ1v) is 16.7. The summed E-state index contributed by atoms with van der Waals surface area (Å²) in [5, 5.41) is 33.5. The fraction of sp³-hybridized carbons (Fsp3) is 0.0476. The van der Waals surface area contributed by atoms with Gasteiger partial charge in [0.15, 0.2) is 0 Å². The van der Waals surface area contributed by atoms with Gasteiger partial charge in [0.1, 0.15) is 0 Å². The van der Waals surface area contributed by atoms with Gasteiger partial charge in [-0.15, -0.1) is 24.4 Å². The van der Waals surface area contributed by atoms with E-state index in [1.165, 1.54) is 0 Å². The van der Waals surface area contributed by atoms with Crippen LogP contribution in [0.25, 0.3) is 33.7 Å². The first kappa shape index (κ1) is 35.5. The van der Waals surface area contributed by atoms with E-state index in [0.29, 0.717) is 22.5 Å². The Kier molecular flexibility index (Phi) is 10.6. The zero-order valence-electron chi connectivity index (χ0n) is 27.2. The van der Waals surface area contributed by atoms with Crippen LogP contribution in [0.15, 0.2) is 145 Å². The topological polar surface area (TPSA) is 104 Å². The summed E-state index contributed by atoms with van der Waals surface area (Å²) in [6.07, 6.45) is 3.70. The Morgan fingerprint density at radius 3 is 1.20 bits per heavy atom. The van der Waals surface area contributed by atoms with E-state index in [0.717, 1.165) is 43.8 Å². The van der Waals surface area contributed by atoms with Crippen LogP contribution in [0, 0.1) is 0 Å². The minimum atomic E-state index is -0.638. The number of carbonyl (C=O) groups is 2. The summed E-state index contributed by atoms with van der Waals surface area (Å²) in [5.74, 6) is -1.78. The largest absolute Gasteiger partial charge is 2.00 e. The fourth-order valence-corrected chi connectivity index (χ4v) is 7.18. The van der Waals surface area contributed by atoms with E-state index in [1.54, 1.807) is 48.5 Å². The molecule has 244 valence electrons. The molecule has 9 heteroatoms. The SMILES string of the molecule is O=C(NC1=Cc2cccc3cccc(c23)C1C([O-])=S)c1ccccc1.O=C(NC1=Cc2cccc3cccc(c23)C1C([O-])=S)c1ccccc1.[Zn+2]. The standard InChI is InChI=1S/2C21H15NO2S.Zn/c2*23-20(14-6-2-1-3-7-14)22-17-12-15-10-4-8-13-9-5-11-16(18(13)15)19(17)21(24)25;/h2*1-12,19H,(H,22,23)(H,24,25);/q;;+2/p-2. The monoisotopic (exact) mass is 752 g/mol. The summed E-state index contributed by atoms with van der Waals surface area (Å²) < 4.78 is 0. The second kappa shape index (κ2) is 15.3. The zero-order valence-corrected chi connectivity index (χ0v) is 31.8. The number of carbonyl (C=O) groups excluding carboxylic acids is 2. The van der Waals surface area contributed by atoms with Gasteiger partial charge in [-0.05, 0) is 80.2 Å². The molecule has 6 aromatic rings. The molecule has 2 amide bonds. The summed E-state index contributed by atoms with van der Waals surface area (Å²) in [7, 11) is 0. The van der Waals surface area contributed by atoms with Gasteiger partial charge in [-0.3, -0.25) is 9.59 Å². The van der Waals surface area contributed by atoms with Crippen LogP contribution < -0.4 is 20.8 Å². The van der Waals surface area contributed by atoms with E-state index in [2.05, 4.69) is 10.6 Å². The second-order valence-electron chi connectivity index (χ2n) is 11.9. The first-order valence-electron chi connectivity index (χ1n) is 15.9. The van der Waals surface area contributed by atoms with Gasteiger partial charge in [0.05, 0.1) is 0 Å². The minimum absolute atomic E-state index is 0. The van der Waals surface area contributed by atoms with Gasteiger partial charge in [-0.1, -0.05) is 119 Å². The molecule has 0 spiro atoms. The van der Waals surface area contributed by atoms with Crippen molar-refractivity contribution in [2.75, 3.05) is 0 Å². The molecule has 2 N–H and O–H groups in total. The molecule has 0 saturated heterocycles. The van der Waals surface area contributed by atoms with Crippen molar-refractivity contribution in [3.63, 3.8) is 0 Å². The van der Waals surface area contributed by atoms with Crippen LogP contribution in [-0.2, 0) is 19.5 Å². The third kappa shape index (κ3) is 7.15. The maximum absolute atomic E-state index is 12.5. The van der Waals surface area contributed by atoms with Crippen LogP contribution in [0.2, 0.25) is 0 Å². The molecule has 8 rings (SSSR count). The van der Waals surface area contributed by atoms with Gasteiger partial charge >= 0.3 is 19.5 Å². The van der Waals surface area contributed by atoms with Gasteiger partial charge < -0.3 is 20.8 Å². The number of benzene rings is 6. The van der Waals surface area contributed by atoms with Crippen molar-refractivity contribution in [3.8, 4) is 0 Å². The average molecular weight is 754 g/mol. The van der Waals surface area contributed by atoms with Gasteiger partial charge in [-0.25, -0.2) is 0 Å². The molecule has 51 heavy (non-hydrogen) atoms. The molecule has 0 radical (unpaired) electrons. The van der Waals surface area contributed by atoms with Crippen molar-refractivity contribution in [3.05, 3.63) is 178 Å². The van der Waals surface area contributed by atoms with Crippen molar-refractivity contribution >= 4 is 80.0 Å². The van der Waals surface area contributed by atoms with Crippen molar-refractivity contribution in [1.29, 1.82) is 0 Å². The molecule has 0 fully saturated rings. The summed E-state index contributed by atoms with van der Waals surface area (Å²) >= 11 is 9.98. The normalized spacial score (nSPS) is 15.2. The van der Waals surface area contributed by atoms with Crippen molar-refractivity contribution in [2.45, 2.75) is 11.8 Å². The van der Waals surface area contributed by atoms with Gasteiger partial charge in [0, 0.05) is 34.4 Å². The number of hydrogen-bond acceptors (Lipinski definition) is 6. The molecular weight excluding hydrogens is 726 g/mol. The maximum atomic E-state index is 12.5. The summed E-state index contributed by atoms with van der Waals surface area (Å²) in [4.78, 5) is 25.1. The van der Waals surface area contributed by atoms with Crippen LogP contribution in [0.1, 0.15) is 54.8 Å². The number of thiocarbonyl (C=S) groups is 2. The van der Waals surface area contributed by atoms with E-state index >= 15 is 0 Å². The van der Waals surface area contributed by atoms with Crippen molar-refractivity contribution in [1.82, 2.24) is 10.6 Å². The van der Waals surface area contributed by atoms with Crippen LogP contribution in [0.5, 0.6) is 0 Å². The number of rotatable bonds is 6. The third-order valence-corrected chi connectivity index (χ3v) is 9.33. The fourth-order valence-electron chi connectivity index (χ4n) is 6.67. The molecule has 6 nitrogen and oxygen atoms in total. The molecule has 2 aliphatic rings. The number of amides is 2. The van der Waals surface area contributed by atoms with Gasteiger partial charge in [0.2, 0.25) is 0 Å². The third-order valence-electron chi connectivity index (χ3n) is 8.86. The minimum Gasteiger partial charge on any atom is -0.867 e. The zero-order chi connectivity index (χ0) is 34.8. The Balaban J connectivity index is 0.000000172. The Hall–Kier alpha value is -5.34. The van der Waals surface area contributed by atoms with E-state index in [1.807, 2.05) is 97.1 Å². The molecule has 0 aliphatic heterocycles. The summed E-state index contributed by atoms with van der Waals surface area (Å²) in [6.45, 7) is 0. The predicted molar refractivity (Wildman–Crippen MR) is 202 cm³/mol. The van der Waals surface area contributed by atoms with Crippen molar-refractivity contribution in [2.24, 2.45) is 0 Å². The Morgan fingerprint density at radius 2 is 0.843 bits per heavy atom.